The van der Waals surface area contributed by atoms with Gasteiger partial charge in [-0.25, -0.2) is 13.1 Å². The Labute approximate surface area is 119 Å². The third-order valence-electron chi connectivity index (χ3n) is 3.49. The molecule has 1 aromatic rings. The maximum atomic E-state index is 12.5. The van der Waals surface area contributed by atoms with Crippen molar-refractivity contribution in [2.75, 3.05) is 25.6 Å². The van der Waals surface area contributed by atoms with E-state index in [9.17, 15) is 13.5 Å². The van der Waals surface area contributed by atoms with Gasteiger partial charge in [-0.3, -0.25) is 0 Å². The minimum atomic E-state index is -3.72. The standard InChI is InChI=1S/C13H20N2O4S/c1-10-6-11(14)8-12(7-10)20(17,18)15-13(9-16)2-4-19-5-3-13/h6-8,15-16H,2-5,9,14H2,1H3. The summed E-state index contributed by atoms with van der Waals surface area (Å²) in [7, 11) is -3.72. The number of nitrogens with two attached hydrogens (primary N) is 1. The maximum Gasteiger partial charge on any atom is 0.241 e. The minimum absolute atomic E-state index is 0.120. The molecule has 20 heavy (non-hydrogen) atoms. The van der Waals surface area contributed by atoms with Crippen LogP contribution in [0.3, 0.4) is 0 Å². The molecule has 4 N–H and O–H groups in total. The summed E-state index contributed by atoms with van der Waals surface area (Å²) in [4.78, 5) is 0.120. The molecule has 1 saturated heterocycles. The van der Waals surface area contributed by atoms with E-state index in [-0.39, 0.29) is 11.5 Å². The molecule has 1 aliphatic heterocycles. The molecule has 1 heterocycles. The highest BCUT2D eigenvalue weighted by molar-refractivity contribution is 7.89. The van der Waals surface area contributed by atoms with Gasteiger partial charge in [-0.15, -0.1) is 0 Å². The normalized spacial score (nSPS) is 18.9. The zero-order valence-corrected chi connectivity index (χ0v) is 12.2. The molecule has 0 spiro atoms. The van der Waals surface area contributed by atoms with Crippen LogP contribution in [-0.4, -0.2) is 38.9 Å². The highest BCUT2D eigenvalue weighted by Crippen LogP contribution is 2.24. The average Bonchev–Trinajstić information content (AvgIpc) is 2.38. The highest BCUT2D eigenvalue weighted by atomic mass is 32.2. The van der Waals surface area contributed by atoms with Crippen molar-refractivity contribution in [3.05, 3.63) is 23.8 Å². The van der Waals surface area contributed by atoms with E-state index in [2.05, 4.69) is 4.72 Å². The second-order valence-electron chi connectivity index (χ2n) is 5.24. The lowest BCUT2D eigenvalue weighted by atomic mass is 9.93. The van der Waals surface area contributed by atoms with Crippen LogP contribution in [0.4, 0.5) is 5.69 Å². The predicted molar refractivity (Wildman–Crippen MR) is 75.8 cm³/mol. The van der Waals surface area contributed by atoms with Crippen LogP contribution in [0.1, 0.15) is 18.4 Å². The Hall–Kier alpha value is -1.15. The zero-order chi connectivity index (χ0) is 14.8. The number of anilines is 1. The van der Waals surface area contributed by atoms with Crippen molar-refractivity contribution in [3.63, 3.8) is 0 Å². The van der Waals surface area contributed by atoms with Gasteiger partial charge in [-0.2, -0.15) is 0 Å². The lowest BCUT2D eigenvalue weighted by Gasteiger charge is -2.35. The second kappa shape index (κ2) is 5.69. The third kappa shape index (κ3) is 3.29. The van der Waals surface area contributed by atoms with Crippen LogP contribution < -0.4 is 10.5 Å². The number of benzene rings is 1. The Morgan fingerprint density at radius 3 is 2.55 bits per heavy atom. The number of hydrogen-bond acceptors (Lipinski definition) is 5. The number of aliphatic hydroxyl groups is 1. The Balaban J connectivity index is 2.30. The van der Waals surface area contributed by atoms with E-state index < -0.39 is 15.6 Å². The van der Waals surface area contributed by atoms with Gasteiger partial charge in [0.2, 0.25) is 10.0 Å². The number of hydrogen-bond donors (Lipinski definition) is 3. The van der Waals surface area contributed by atoms with E-state index in [1.165, 1.54) is 6.07 Å². The van der Waals surface area contributed by atoms with E-state index in [1.807, 2.05) is 0 Å². The van der Waals surface area contributed by atoms with Crippen molar-refractivity contribution in [3.8, 4) is 0 Å². The summed E-state index contributed by atoms with van der Waals surface area (Å²) in [6.07, 6.45) is 0.897. The molecule has 0 bridgehead atoms. The van der Waals surface area contributed by atoms with E-state index >= 15 is 0 Å². The molecule has 1 aliphatic rings. The van der Waals surface area contributed by atoms with Crippen LogP contribution in [0, 0.1) is 6.92 Å². The summed E-state index contributed by atoms with van der Waals surface area (Å²) >= 11 is 0. The van der Waals surface area contributed by atoms with Crippen molar-refractivity contribution >= 4 is 15.7 Å². The van der Waals surface area contributed by atoms with Gasteiger partial charge in [0.05, 0.1) is 17.0 Å². The number of aliphatic hydroxyl groups excluding tert-OH is 1. The highest BCUT2D eigenvalue weighted by Gasteiger charge is 2.36. The number of ether oxygens (including phenoxy) is 1. The molecular weight excluding hydrogens is 280 g/mol. The Morgan fingerprint density at radius 1 is 1.35 bits per heavy atom. The molecule has 6 nitrogen and oxygen atoms in total. The van der Waals surface area contributed by atoms with Crippen molar-refractivity contribution in [2.24, 2.45) is 0 Å². The Morgan fingerprint density at radius 2 is 2.00 bits per heavy atom. The van der Waals surface area contributed by atoms with E-state index in [0.29, 0.717) is 31.7 Å². The number of sulfonamides is 1. The fourth-order valence-electron chi connectivity index (χ4n) is 2.33. The first-order valence-electron chi connectivity index (χ1n) is 6.47. The lowest BCUT2D eigenvalue weighted by Crippen LogP contribution is -2.54. The SMILES string of the molecule is Cc1cc(N)cc(S(=O)(=O)NC2(CO)CCOCC2)c1. The molecule has 0 aromatic heterocycles. The quantitative estimate of drug-likeness (QED) is 0.699. The first-order chi connectivity index (χ1) is 9.37. The number of rotatable bonds is 4. The summed E-state index contributed by atoms with van der Waals surface area (Å²) in [5.41, 5.74) is 6.01. The summed E-state index contributed by atoms with van der Waals surface area (Å²) in [6, 6.07) is 4.68. The topological polar surface area (TPSA) is 102 Å². The Bertz CT molecular complexity index is 560. The number of nitrogens with one attached hydrogen (secondary N) is 1. The summed E-state index contributed by atoms with van der Waals surface area (Å²) in [5.74, 6) is 0. The summed E-state index contributed by atoms with van der Waals surface area (Å²) < 4.78 is 32.7. The molecule has 0 atom stereocenters. The molecule has 1 fully saturated rings. The summed E-state index contributed by atoms with van der Waals surface area (Å²) in [6.45, 7) is 2.39. The third-order valence-corrected chi connectivity index (χ3v) is 5.04. The van der Waals surface area contributed by atoms with Crippen LogP contribution in [0.2, 0.25) is 0 Å². The fraction of sp³-hybridized carbons (Fsp3) is 0.538. The monoisotopic (exact) mass is 300 g/mol. The molecule has 2 rings (SSSR count). The van der Waals surface area contributed by atoms with Crippen LogP contribution in [-0.2, 0) is 14.8 Å². The molecule has 0 saturated carbocycles. The smallest absolute Gasteiger partial charge is 0.241 e. The maximum absolute atomic E-state index is 12.5. The van der Waals surface area contributed by atoms with Gasteiger partial charge < -0.3 is 15.6 Å². The molecule has 1 aromatic carbocycles. The zero-order valence-electron chi connectivity index (χ0n) is 11.4. The molecule has 0 unspecified atom stereocenters. The molecular formula is C13H20N2O4S. The molecule has 7 heteroatoms. The van der Waals surface area contributed by atoms with E-state index in [0.717, 1.165) is 5.56 Å². The predicted octanol–water partition coefficient (Wildman–Crippen LogP) is 0.397. The van der Waals surface area contributed by atoms with E-state index in [1.54, 1.807) is 19.1 Å². The van der Waals surface area contributed by atoms with Gasteiger partial charge in [-0.05, 0) is 43.5 Å². The van der Waals surface area contributed by atoms with Crippen molar-refractivity contribution in [2.45, 2.75) is 30.2 Å². The van der Waals surface area contributed by atoms with Crippen LogP contribution in [0.15, 0.2) is 23.1 Å². The van der Waals surface area contributed by atoms with Gasteiger partial charge in [0, 0.05) is 18.9 Å². The largest absolute Gasteiger partial charge is 0.399 e. The number of nitrogen functional groups attached to an aromatic ring is 1. The average molecular weight is 300 g/mol. The molecule has 112 valence electrons. The van der Waals surface area contributed by atoms with Crippen molar-refractivity contribution < 1.29 is 18.3 Å². The number of aryl methyl sites for hydroxylation is 1. The fourth-order valence-corrected chi connectivity index (χ4v) is 3.92. The van der Waals surface area contributed by atoms with Gasteiger partial charge >= 0.3 is 0 Å². The van der Waals surface area contributed by atoms with Crippen LogP contribution in [0.5, 0.6) is 0 Å². The first-order valence-corrected chi connectivity index (χ1v) is 7.95. The van der Waals surface area contributed by atoms with Gasteiger partial charge in [0.1, 0.15) is 0 Å². The van der Waals surface area contributed by atoms with E-state index in [4.69, 9.17) is 10.5 Å². The van der Waals surface area contributed by atoms with Crippen LogP contribution in [0.25, 0.3) is 0 Å². The van der Waals surface area contributed by atoms with Gasteiger partial charge in [0.15, 0.2) is 0 Å². The van der Waals surface area contributed by atoms with Gasteiger partial charge in [-0.1, -0.05) is 0 Å². The van der Waals surface area contributed by atoms with Gasteiger partial charge in [0.25, 0.3) is 0 Å². The van der Waals surface area contributed by atoms with Crippen molar-refractivity contribution in [1.82, 2.24) is 4.72 Å². The minimum Gasteiger partial charge on any atom is -0.399 e. The Kier molecular flexibility index (Phi) is 4.33. The second-order valence-corrected chi connectivity index (χ2v) is 6.92. The van der Waals surface area contributed by atoms with Crippen molar-refractivity contribution in [1.29, 1.82) is 0 Å². The molecule has 0 radical (unpaired) electrons. The van der Waals surface area contributed by atoms with Crippen LogP contribution >= 0.6 is 0 Å². The first kappa shape index (κ1) is 15.2. The molecule has 0 amide bonds. The summed E-state index contributed by atoms with van der Waals surface area (Å²) in [5, 5.41) is 9.55. The lowest BCUT2D eigenvalue weighted by molar-refractivity contribution is 0.0223. The molecule has 0 aliphatic carbocycles.